The molecule has 2 unspecified atom stereocenters. The summed E-state index contributed by atoms with van der Waals surface area (Å²) in [4.78, 5) is 4.21. The lowest BCUT2D eigenvalue weighted by molar-refractivity contribution is -0.201. The Labute approximate surface area is 100 Å². The molecule has 1 aromatic heterocycles. The van der Waals surface area contributed by atoms with E-state index in [1.165, 1.54) is 6.20 Å². The van der Waals surface area contributed by atoms with Crippen molar-refractivity contribution in [2.45, 2.75) is 37.5 Å². The van der Waals surface area contributed by atoms with E-state index < -0.39 is 17.7 Å². The van der Waals surface area contributed by atoms with Gasteiger partial charge in [0.2, 0.25) is 0 Å². The Balaban J connectivity index is 2.21. The number of aliphatic hydroxyl groups is 1. The van der Waals surface area contributed by atoms with Crippen LogP contribution < -0.4 is 5.73 Å². The number of nitrogens with two attached hydrogens (primary N) is 1. The molecule has 96 valence electrons. The number of anilines is 1. The summed E-state index contributed by atoms with van der Waals surface area (Å²) in [7, 11) is 0. The molecule has 0 saturated heterocycles. The van der Waals surface area contributed by atoms with Gasteiger partial charge in [0.05, 0.1) is 10.8 Å². The molecule has 3 N–H and O–H groups in total. The van der Waals surface area contributed by atoms with Crippen molar-refractivity contribution in [1.29, 1.82) is 0 Å². The number of hydrogen-bond acceptors (Lipinski definition) is 4. The fraction of sp³-hybridized carbons (Fsp3) is 0.700. The molecule has 1 heterocycles. The van der Waals surface area contributed by atoms with Crippen LogP contribution in [0.2, 0.25) is 0 Å². The fourth-order valence-electron chi connectivity index (χ4n) is 2.26. The fourth-order valence-corrected chi connectivity index (χ4v) is 3.07. The highest BCUT2D eigenvalue weighted by atomic mass is 32.1. The van der Waals surface area contributed by atoms with Crippen LogP contribution in [0.1, 0.15) is 30.6 Å². The molecule has 0 radical (unpaired) electrons. The third-order valence-electron chi connectivity index (χ3n) is 3.17. The van der Waals surface area contributed by atoms with Gasteiger partial charge in [-0.1, -0.05) is 11.3 Å². The van der Waals surface area contributed by atoms with Crippen LogP contribution in [0.15, 0.2) is 6.20 Å². The Morgan fingerprint density at radius 2 is 2.24 bits per heavy atom. The van der Waals surface area contributed by atoms with Crippen LogP contribution in [0.5, 0.6) is 0 Å². The third kappa shape index (κ3) is 2.55. The number of nitrogen functional groups attached to an aromatic ring is 1. The van der Waals surface area contributed by atoms with E-state index in [-0.39, 0.29) is 18.0 Å². The van der Waals surface area contributed by atoms with Gasteiger partial charge in [-0.15, -0.1) is 0 Å². The van der Waals surface area contributed by atoms with Crippen molar-refractivity contribution in [3.05, 3.63) is 11.1 Å². The third-order valence-corrected chi connectivity index (χ3v) is 4.19. The number of halogens is 3. The van der Waals surface area contributed by atoms with Gasteiger partial charge in [-0.2, -0.15) is 13.2 Å². The number of hydrogen-bond donors (Lipinski definition) is 2. The molecule has 0 bridgehead atoms. The average Bonchev–Trinajstić information content (AvgIpc) is 2.64. The second-order valence-electron chi connectivity index (χ2n) is 4.43. The van der Waals surface area contributed by atoms with E-state index in [1.807, 2.05) is 0 Å². The van der Waals surface area contributed by atoms with Gasteiger partial charge in [-0.25, -0.2) is 4.98 Å². The van der Waals surface area contributed by atoms with Crippen molar-refractivity contribution in [2.24, 2.45) is 5.92 Å². The molecule has 0 spiro atoms. The quantitative estimate of drug-likeness (QED) is 0.821. The maximum atomic E-state index is 12.7. The largest absolute Gasteiger partial charge is 0.391 e. The van der Waals surface area contributed by atoms with Gasteiger partial charge in [0.15, 0.2) is 5.13 Å². The zero-order valence-electron chi connectivity index (χ0n) is 9.00. The number of aromatic nitrogens is 1. The normalized spacial score (nSPS) is 30.5. The molecule has 0 aromatic carbocycles. The van der Waals surface area contributed by atoms with Gasteiger partial charge in [0, 0.05) is 6.20 Å². The van der Waals surface area contributed by atoms with Crippen molar-refractivity contribution in [3.63, 3.8) is 0 Å². The topological polar surface area (TPSA) is 59.1 Å². The summed E-state index contributed by atoms with van der Waals surface area (Å²) in [5.41, 5.74) is 4.02. The Bertz CT molecular complexity index is 407. The molecule has 0 aliphatic heterocycles. The van der Waals surface area contributed by atoms with Crippen molar-refractivity contribution >= 4 is 16.5 Å². The smallest absolute Gasteiger partial charge is 0.384 e. The highest BCUT2D eigenvalue weighted by Gasteiger charge is 2.48. The predicted octanol–water partition coefficient (Wildman–Crippen LogP) is 2.67. The predicted molar refractivity (Wildman–Crippen MR) is 58.4 cm³/mol. The monoisotopic (exact) mass is 266 g/mol. The lowest BCUT2D eigenvalue weighted by atomic mass is 9.77. The zero-order valence-corrected chi connectivity index (χ0v) is 9.81. The van der Waals surface area contributed by atoms with Gasteiger partial charge in [0.25, 0.3) is 0 Å². The molecular formula is C10H13F3N2OS. The van der Waals surface area contributed by atoms with Crippen molar-refractivity contribution < 1.29 is 18.3 Å². The highest BCUT2D eigenvalue weighted by molar-refractivity contribution is 7.15. The first-order chi connectivity index (χ1) is 7.81. The van der Waals surface area contributed by atoms with E-state index in [1.54, 1.807) is 0 Å². The van der Waals surface area contributed by atoms with E-state index >= 15 is 0 Å². The van der Waals surface area contributed by atoms with Gasteiger partial charge >= 0.3 is 6.18 Å². The van der Waals surface area contributed by atoms with Crippen LogP contribution in [-0.4, -0.2) is 16.3 Å². The van der Waals surface area contributed by atoms with Crippen LogP contribution in [0.25, 0.3) is 0 Å². The second-order valence-corrected chi connectivity index (χ2v) is 5.49. The lowest BCUT2D eigenvalue weighted by Gasteiger charge is -2.36. The summed E-state index contributed by atoms with van der Waals surface area (Å²) in [6.45, 7) is 0. The van der Waals surface area contributed by atoms with Crippen LogP contribution in [0.3, 0.4) is 0 Å². The summed E-state index contributed by atoms with van der Waals surface area (Å²) < 4.78 is 38.0. The summed E-state index contributed by atoms with van der Waals surface area (Å²) in [6.07, 6.45) is -2.39. The lowest BCUT2D eigenvalue weighted by Crippen LogP contribution is -2.37. The molecule has 1 fully saturated rings. The van der Waals surface area contributed by atoms with Gasteiger partial charge in [0.1, 0.15) is 5.60 Å². The van der Waals surface area contributed by atoms with E-state index in [0.717, 1.165) is 11.3 Å². The molecule has 2 atom stereocenters. The Morgan fingerprint density at radius 3 is 2.76 bits per heavy atom. The molecule has 1 aromatic rings. The van der Waals surface area contributed by atoms with E-state index in [0.29, 0.717) is 17.7 Å². The minimum Gasteiger partial charge on any atom is -0.384 e. The van der Waals surface area contributed by atoms with Gasteiger partial charge in [-0.05, 0) is 25.7 Å². The Morgan fingerprint density at radius 1 is 1.53 bits per heavy atom. The SMILES string of the molecule is Nc1ncc(C2(O)CCCC(C(F)(F)F)C2)s1. The molecule has 3 nitrogen and oxygen atoms in total. The summed E-state index contributed by atoms with van der Waals surface area (Å²) in [6, 6.07) is 0. The van der Waals surface area contributed by atoms with E-state index in [4.69, 9.17) is 5.73 Å². The number of rotatable bonds is 1. The van der Waals surface area contributed by atoms with Crippen molar-refractivity contribution in [1.82, 2.24) is 4.98 Å². The summed E-state index contributed by atoms with van der Waals surface area (Å²) >= 11 is 1.06. The first-order valence-corrected chi connectivity index (χ1v) is 6.14. The molecule has 17 heavy (non-hydrogen) atoms. The number of thiazole rings is 1. The first-order valence-electron chi connectivity index (χ1n) is 5.32. The Kier molecular flexibility index (Phi) is 3.07. The molecule has 2 rings (SSSR count). The summed E-state index contributed by atoms with van der Waals surface area (Å²) in [5, 5.41) is 10.6. The molecule has 0 amide bonds. The van der Waals surface area contributed by atoms with Gasteiger partial charge < -0.3 is 10.8 Å². The minimum atomic E-state index is -4.25. The maximum absolute atomic E-state index is 12.7. The van der Waals surface area contributed by atoms with Crippen molar-refractivity contribution in [2.75, 3.05) is 5.73 Å². The first kappa shape index (κ1) is 12.6. The van der Waals surface area contributed by atoms with E-state index in [9.17, 15) is 18.3 Å². The van der Waals surface area contributed by atoms with Crippen molar-refractivity contribution in [3.8, 4) is 0 Å². The van der Waals surface area contributed by atoms with Gasteiger partial charge in [-0.3, -0.25) is 0 Å². The molecule has 1 aliphatic rings. The highest BCUT2D eigenvalue weighted by Crippen LogP contribution is 2.47. The maximum Gasteiger partial charge on any atom is 0.391 e. The zero-order chi connectivity index (χ0) is 12.7. The summed E-state index contributed by atoms with van der Waals surface area (Å²) in [5.74, 6) is -1.44. The minimum absolute atomic E-state index is 0.0834. The van der Waals surface area contributed by atoms with Crippen LogP contribution in [0, 0.1) is 5.92 Å². The molecule has 7 heteroatoms. The molecule has 1 saturated carbocycles. The van der Waals surface area contributed by atoms with E-state index in [2.05, 4.69) is 4.98 Å². The van der Waals surface area contributed by atoms with Crippen LogP contribution >= 0.6 is 11.3 Å². The number of alkyl halides is 3. The Hall–Kier alpha value is -0.820. The molecule has 1 aliphatic carbocycles. The molecular weight excluding hydrogens is 253 g/mol. The van der Waals surface area contributed by atoms with Crippen LogP contribution in [0.4, 0.5) is 18.3 Å². The second kappa shape index (κ2) is 4.13. The van der Waals surface area contributed by atoms with Crippen LogP contribution in [-0.2, 0) is 5.60 Å². The standard InChI is InChI=1S/C10H13F3N2OS/c11-10(12,13)6-2-1-3-9(16,4-6)7-5-15-8(14)17-7/h5-6,16H,1-4H2,(H2,14,15). The number of nitrogens with zero attached hydrogens (tertiary/aromatic N) is 1. The average molecular weight is 266 g/mol.